The molecule has 0 spiro atoms. The largest absolute Gasteiger partial charge is 0.490 e. The van der Waals surface area contributed by atoms with Crippen LogP contribution in [0.2, 0.25) is 0 Å². The van der Waals surface area contributed by atoms with Crippen LogP contribution < -0.4 is 10.1 Å². The molecule has 7 heteroatoms. The Hall–Kier alpha value is -3.35. The van der Waals surface area contributed by atoms with E-state index in [2.05, 4.69) is 25.3 Å². The van der Waals surface area contributed by atoms with E-state index in [0.717, 1.165) is 49.0 Å². The van der Waals surface area contributed by atoms with Gasteiger partial charge in [-0.2, -0.15) is 5.10 Å². The molecule has 1 fully saturated rings. The fourth-order valence-corrected chi connectivity index (χ4v) is 3.49. The number of pyridine rings is 1. The van der Waals surface area contributed by atoms with E-state index in [1.54, 1.807) is 10.9 Å². The van der Waals surface area contributed by atoms with Gasteiger partial charge in [0.15, 0.2) is 11.8 Å². The van der Waals surface area contributed by atoms with E-state index in [0.29, 0.717) is 6.54 Å². The van der Waals surface area contributed by atoms with Crippen LogP contribution in [0.25, 0.3) is 5.82 Å². The van der Waals surface area contributed by atoms with E-state index in [-0.39, 0.29) is 6.10 Å². The van der Waals surface area contributed by atoms with Crippen LogP contribution >= 0.6 is 0 Å². The van der Waals surface area contributed by atoms with Gasteiger partial charge < -0.3 is 15.0 Å². The average Bonchev–Trinajstić information content (AvgIpc) is 3.31. The summed E-state index contributed by atoms with van der Waals surface area (Å²) in [5.41, 5.74) is 1.13. The topological polar surface area (TPSA) is 67.6 Å². The maximum absolute atomic E-state index is 6.09. The number of guanidine groups is 1. The second-order valence-electron chi connectivity index (χ2n) is 6.99. The van der Waals surface area contributed by atoms with Crippen molar-refractivity contribution >= 4 is 5.96 Å². The van der Waals surface area contributed by atoms with Crippen molar-refractivity contribution in [3.63, 3.8) is 0 Å². The molecule has 3 aromatic rings. The molecular weight excluding hydrogens is 364 g/mol. The third-order valence-corrected chi connectivity index (χ3v) is 5.00. The summed E-state index contributed by atoms with van der Waals surface area (Å²) in [5.74, 6) is 2.67. The average molecular weight is 390 g/mol. The van der Waals surface area contributed by atoms with E-state index in [4.69, 9.17) is 4.74 Å². The van der Waals surface area contributed by atoms with E-state index in [1.807, 2.05) is 68.0 Å². The Kier molecular flexibility index (Phi) is 6.04. The van der Waals surface area contributed by atoms with Gasteiger partial charge in [-0.05, 0) is 35.9 Å². The van der Waals surface area contributed by atoms with Crippen LogP contribution in [-0.4, -0.2) is 51.9 Å². The molecule has 0 aliphatic carbocycles. The highest BCUT2D eigenvalue weighted by molar-refractivity contribution is 5.80. The minimum atomic E-state index is 0.253. The summed E-state index contributed by atoms with van der Waals surface area (Å²) < 4.78 is 7.85. The fraction of sp³-hybridized carbons (Fsp3) is 0.318. The molecule has 4 rings (SSSR count). The first-order valence-corrected chi connectivity index (χ1v) is 9.94. The molecule has 0 radical (unpaired) electrons. The third kappa shape index (κ3) is 4.93. The number of aromatic nitrogens is 3. The summed E-state index contributed by atoms with van der Waals surface area (Å²) in [6, 6.07) is 16.0. The van der Waals surface area contributed by atoms with Crippen LogP contribution in [0.15, 0.2) is 72.1 Å². The lowest BCUT2D eigenvalue weighted by atomic mass is 10.1. The maximum atomic E-state index is 6.09. The zero-order valence-electron chi connectivity index (χ0n) is 16.6. The minimum Gasteiger partial charge on any atom is -0.490 e. The molecule has 150 valence electrons. The van der Waals surface area contributed by atoms with Crippen LogP contribution in [0, 0.1) is 0 Å². The van der Waals surface area contributed by atoms with E-state index in [1.165, 1.54) is 0 Å². The number of likely N-dealkylation sites (tertiary alicyclic amines) is 1. The molecule has 0 bridgehead atoms. The minimum absolute atomic E-state index is 0.253. The lowest BCUT2D eigenvalue weighted by Gasteiger charge is -2.34. The molecule has 1 N–H and O–H groups in total. The van der Waals surface area contributed by atoms with Gasteiger partial charge in [0.05, 0.1) is 0 Å². The predicted molar refractivity (Wildman–Crippen MR) is 113 cm³/mol. The molecule has 3 heterocycles. The maximum Gasteiger partial charge on any atom is 0.193 e. The fourth-order valence-electron chi connectivity index (χ4n) is 3.49. The Morgan fingerprint density at radius 2 is 1.97 bits per heavy atom. The number of hydrogen-bond donors (Lipinski definition) is 1. The zero-order chi connectivity index (χ0) is 19.9. The summed E-state index contributed by atoms with van der Waals surface area (Å²) in [4.78, 5) is 11.1. The summed E-state index contributed by atoms with van der Waals surface area (Å²) in [5, 5.41) is 7.71. The summed E-state index contributed by atoms with van der Waals surface area (Å²) in [6.45, 7) is 2.53. The van der Waals surface area contributed by atoms with Crippen molar-refractivity contribution in [3.8, 4) is 11.6 Å². The number of nitrogens with zero attached hydrogens (tertiary/aromatic N) is 5. The van der Waals surface area contributed by atoms with Gasteiger partial charge >= 0.3 is 0 Å². The van der Waals surface area contributed by atoms with E-state index in [9.17, 15) is 0 Å². The molecule has 29 heavy (non-hydrogen) atoms. The van der Waals surface area contributed by atoms with Crippen LogP contribution in [0.1, 0.15) is 18.4 Å². The Bertz CT molecular complexity index is 917. The quantitative estimate of drug-likeness (QED) is 0.536. The molecule has 0 saturated carbocycles. The van der Waals surface area contributed by atoms with Gasteiger partial charge in [-0.25, -0.2) is 9.67 Å². The number of aliphatic imine (C=N–C) groups is 1. The van der Waals surface area contributed by atoms with Crippen LogP contribution in [0.5, 0.6) is 5.75 Å². The summed E-state index contributed by atoms with van der Waals surface area (Å²) in [6.07, 6.45) is 7.66. The van der Waals surface area contributed by atoms with Gasteiger partial charge in [-0.1, -0.05) is 18.2 Å². The SMILES string of the molecule is CN=C(NCc1ccnc(-n2cccn2)c1)N1CCC(Oc2ccccc2)CC1. The first kappa shape index (κ1) is 19.0. The van der Waals surface area contributed by atoms with Crippen molar-refractivity contribution in [2.45, 2.75) is 25.5 Å². The molecule has 1 aromatic carbocycles. The highest BCUT2D eigenvalue weighted by Gasteiger charge is 2.22. The number of piperidine rings is 1. The standard InChI is InChI=1S/C22H26N6O/c1-23-22(25-17-18-8-12-24-21(16-18)28-13-5-11-26-28)27-14-9-20(10-15-27)29-19-6-3-2-4-7-19/h2-8,11-13,16,20H,9-10,14-15,17H2,1H3,(H,23,25). The zero-order valence-corrected chi connectivity index (χ0v) is 16.6. The number of rotatable bonds is 5. The van der Waals surface area contributed by atoms with Crippen LogP contribution in [0.4, 0.5) is 0 Å². The van der Waals surface area contributed by atoms with Crippen molar-refractivity contribution in [2.75, 3.05) is 20.1 Å². The summed E-state index contributed by atoms with van der Waals surface area (Å²) >= 11 is 0. The van der Waals surface area contributed by atoms with Gasteiger partial charge in [0, 0.05) is 58.1 Å². The normalized spacial score (nSPS) is 15.3. The Balaban J connectivity index is 1.30. The van der Waals surface area contributed by atoms with Crippen molar-refractivity contribution in [1.29, 1.82) is 0 Å². The van der Waals surface area contributed by atoms with E-state index < -0.39 is 0 Å². The Morgan fingerprint density at radius 1 is 1.14 bits per heavy atom. The van der Waals surface area contributed by atoms with E-state index >= 15 is 0 Å². The van der Waals surface area contributed by atoms with Crippen molar-refractivity contribution in [1.82, 2.24) is 25.0 Å². The van der Waals surface area contributed by atoms with Crippen molar-refractivity contribution in [2.24, 2.45) is 4.99 Å². The Labute approximate surface area is 171 Å². The first-order valence-electron chi connectivity index (χ1n) is 9.94. The molecule has 1 saturated heterocycles. The molecule has 7 nitrogen and oxygen atoms in total. The molecule has 0 unspecified atom stereocenters. The highest BCUT2D eigenvalue weighted by atomic mass is 16.5. The number of nitrogens with one attached hydrogen (secondary N) is 1. The number of benzene rings is 1. The Morgan fingerprint density at radius 3 is 2.69 bits per heavy atom. The molecule has 1 aliphatic rings. The number of para-hydroxylation sites is 1. The third-order valence-electron chi connectivity index (χ3n) is 5.00. The second-order valence-corrected chi connectivity index (χ2v) is 6.99. The van der Waals surface area contributed by atoms with Crippen LogP contribution in [0.3, 0.4) is 0 Å². The van der Waals surface area contributed by atoms with Gasteiger partial charge in [0.25, 0.3) is 0 Å². The second kappa shape index (κ2) is 9.23. The highest BCUT2D eigenvalue weighted by Crippen LogP contribution is 2.18. The summed E-state index contributed by atoms with van der Waals surface area (Å²) in [7, 11) is 1.83. The van der Waals surface area contributed by atoms with Gasteiger partial charge in [-0.3, -0.25) is 4.99 Å². The molecule has 2 aromatic heterocycles. The smallest absolute Gasteiger partial charge is 0.193 e. The molecule has 0 amide bonds. The monoisotopic (exact) mass is 390 g/mol. The lowest BCUT2D eigenvalue weighted by molar-refractivity contribution is 0.129. The van der Waals surface area contributed by atoms with Crippen LogP contribution in [-0.2, 0) is 6.54 Å². The molecular formula is C22H26N6O. The van der Waals surface area contributed by atoms with Crippen molar-refractivity contribution < 1.29 is 4.74 Å². The van der Waals surface area contributed by atoms with Gasteiger partial charge in [0.1, 0.15) is 11.9 Å². The predicted octanol–water partition coefficient (Wildman–Crippen LogP) is 2.89. The first-order chi connectivity index (χ1) is 14.3. The van der Waals surface area contributed by atoms with Crippen molar-refractivity contribution in [3.05, 3.63) is 72.7 Å². The van der Waals surface area contributed by atoms with Gasteiger partial charge in [-0.15, -0.1) is 0 Å². The number of ether oxygens (including phenoxy) is 1. The molecule has 0 atom stereocenters. The number of hydrogen-bond acceptors (Lipinski definition) is 4. The lowest BCUT2D eigenvalue weighted by Crippen LogP contribution is -2.47. The van der Waals surface area contributed by atoms with Gasteiger partial charge in [0.2, 0.25) is 0 Å². The molecule has 1 aliphatic heterocycles.